The van der Waals surface area contributed by atoms with Crippen LogP contribution in [-0.2, 0) is 14.8 Å². The van der Waals surface area contributed by atoms with Crippen LogP contribution < -0.4 is 5.32 Å². The molecule has 0 saturated carbocycles. The number of sulfonamides is 1. The molecule has 0 bridgehead atoms. The average molecular weight is 470 g/mol. The van der Waals surface area contributed by atoms with Crippen LogP contribution in [0.15, 0.2) is 60.0 Å². The fraction of sp³-hybridized carbons (Fsp3) is 0.360. The largest absolute Gasteiger partial charge is 0.340 e. The van der Waals surface area contributed by atoms with E-state index in [1.807, 2.05) is 63.2 Å². The molecule has 1 N–H and O–H groups in total. The van der Waals surface area contributed by atoms with Gasteiger partial charge in [0.25, 0.3) is 5.91 Å². The standard InChI is InChI=1S/C25H31N3O4S/c1-19(2)23(26-24(29)22-11-9-20(3)10-12-22)25(30)27-14-16-28(17-15-27)33(31,32)18-13-21-7-5-4-6-8-21/h4-13,18-19,23H,14-17H2,1-3H3,(H,26,29). The summed E-state index contributed by atoms with van der Waals surface area (Å²) in [6, 6.07) is 15.7. The molecule has 1 atom stereocenters. The fourth-order valence-corrected chi connectivity index (χ4v) is 4.79. The van der Waals surface area contributed by atoms with Gasteiger partial charge in [-0.05, 0) is 36.6 Å². The first-order valence-electron chi connectivity index (χ1n) is 11.1. The maximum Gasteiger partial charge on any atom is 0.251 e. The van der Waals surface area contributed by atoms with Crippen molar-refractivity contribution in [2.24, 2.45) is 5.92 Å². The number of carbonyl (C=O) groups is 2. The van der Waals surface area contributed by atoms with Gasteiger partial charge in [0.1, 0.15) is 6.04 Å². The number of benzene rings is 2. The highest BCUT2D eigenvalue weighted by molar-refractivity contribution is 7.92. The predicted octanol–water partition coefficient (Wildman–Crippen LogP) is 2.89. The van der Waals surface area contributed by atoms with Crippen LogP contribution in [0, 0.1) is 12.8 Å². The fourth-order valence-electron chi connectivity index (χ4n) is 3.62. The second kappa shape index (κ2) is 10.8. The molecule has 0 spiro atoms. The Morgan fingerprint density at radius 3 is 2.12 bits per heavy atom. The summed E-state index contributed by atoms with van der Waals surface area (Å²) in [7, 11) is -3.58. The van der Waals surface area contributed by atoms with E-state index in [4.69, 9.17) is 0 Å². The molecule has 7 nitrogen and oxygen atoms in total. The Hall–Kier alpha value is -2.97. The first-order chi connectivity index (χ1) is 15.7. The van der Waals surface area contributed by atoms with Crippen molar-refractivity contribution >= 4 is 27.9 Å². The van der Waals surface area contributed by atoms with E-state index in [0.29, 0.717) is 5.56 Å². The van der Waals surface area contributed by atoms with Crippen LogP contribution in [0.1, 0.15) is 35.3 Å². The monoisotopic (exact) mass is 469 g/mol. The average Bonchev–Trinajstić information content (AvgIpc) is 2.82. The van der Waals surface area contributed by atoms with E-state index >= 15 is 0 Å². The second-order valence-corrected chi connectivity index (χ2v) is 10.4. The summed E-state index contributed by atoms with van der Waals surface area (Å²) in [5.74, 6) is -0.598. The molecule has 2 aromatic rings. The van der Waals surface area contributed by atoms with Gasteiger partial charge in [0, 0.05) is 37.2 Å². The van der Waals surface area contributed by atoms with E-state index in [1.54, 1.807) is 23.1 Å². The smallest absolute Gasteiger partial charge is 0.251 e. The van der Waals surface area contributed by atoms with Crippen molar-refractivity contribution in [3.8, 4) is 0 Å². The second-order valence-electron chi connectivity index (χ2n) is 8.54. The zero-order valence-electron chi connectivity index (χ0n) is 19.3. The van der Waals surface area contributed by atoms with Crippen molar-refractivity contribution in [1.82, 2.24) is 14.5 Å². The molecule has 0 aliphatic carbocycles. The molecule has 0 aromatic heterocycles. The van der Waals surface area contributed by atoms with Crippen LogP contribution in [0.2, 0.25) is 0 Å². The van der Waals surface area contributed by atoms with Gasteiger partial charge in [-0.15, -0.1) is 0 Å². The third kappa shape index (κ3) is 6.52. The quantitative estimate of drug-likeness (QED) is 0.676. The number of amides is 2. The normalized spacial score (nSPS) is 16.2. The molecule has 1 heterocycles. The van der Waals surface area contributed by atoms with Gasteiger partial charge < -0.3 is 10.2 Å². The Bertz CT molecular complexity index is 1090. The number of piperazine rings is 1. The number of carbonyl (C=O) groups excluding carboxylic acids is 2. The van der Waals surface area contributed by atoms with Gasteiger partial charge in [0.15, 0.2) is 0 Å². The third-order valence-corrected chi connectivity index (χ3v) is 7.24. The molecule has 1 unspecified atom stereocenters. The molecular formula is C25H31N3O4S. The molecule has 33 heavy (non-hydrogen) atoms. The van der Waals surface area contributed by atoms with Gasteiger partial charge in [0.2, 0.25) is 15.9 Å². The van der Waals surface area contributed by atoms with Gasteiger partial charge in [0.05, 0.1) is 0 Å². The van der Waals surface area contributed by atoms with Gasteiger partial charge in [-0.2, -0.15) is 4.31 Å². The molecule has 1 fully saturated rings. The summed E-state index contributed by atoms with van der Waals surface area (Å²) in [6.45, 7) is 6.69. The topological polar surface area (TPSA) is 86.8 Å². The maximum atomic E-state index is 13.2. The highest BCUT2D eigenvalue weighted by Gasteiger charge is 2.33. The Kier molecular flexibility index (Phi) is 8.05. The predicted molar refractivity (Wildman–Crippen MR) is 130 cm³/mol. The van der Waals surface area contributed by atoms with Crippen LogP contribution in [0.3, 0.4) is 0 Å². The van der Waals surface area contributed by atoms with E-state index < -0.39 is 16.1 Å². The lowest BCUT2D eigenvalue weighted by Gasteiger charge is -2.36. The van der Waals surface area contributed by atoms with Crippen molar-refractivity contribution in [1.29, 1.82) is 0 Å². The molecule has 1 saturated heterocycles. The van der Waals surface area contributed by atoms with Gasteiger partial charge in [-0.25, -0.2) is 8.42 Å². The zero-order valence-corrected chi connectivity index (χ0v) is 20.1. The lowest BCUT2D eigenvalue weighted by molar-refractivity contribution is -0.135. The number of rotatable bonds is 7. The Labute approximate surface area is 196 Å². The van der Waals surface area contributed by atoms with Crippen molar-refractivity contribution in [3.63, 3.8) is 0 Å². The molecular weight excluding hydrogens is 438 g/mol. The Balaban J connectivity index is 1.61. The van der Waals surface area contributed by atoms with Gasteiger partial charge in [-0.1, -0.05) is 61.9 Å². The zero-order chi connectivity index (χ0) is 24.0. The first kappa shape index (κ1) is 24.7. The van der Waals surface area contributed by atoms with Gasteiger partial charge >= 0.3 is 0 Å². The minimum absolute atomic E-state index is 0.109. The highest BCUT2D eigenvalue weighted by atomic mass is 32.2. The van der Waals surface area contributed by atoms with Crippen LogP contribution in [0.4, 0.5) is 0 Å². The van der Waals surface area contributed by atoms with Crippen LogP contribution in [-0.4, -0.2) is 61.7 Å². The van der Waals surface area contributed by atoms with E-state index in [-0.39, 0.29) is 43.9 Å². The molecule has 1 aliphatic rings. The van der Waals surface area contributed by atoms with Crippen LogP contribution >= 0.6 is 0 Å². The Morgan fingerprint density at radius 1 is 0.939 bits per heavy atom. The number of nitrogens with one attached hydrogen (secondary N) is 1. The molecule has 1 aliphatic heterocycles. The Morgan fingerprint density at radius 2 is 1.55 bits per heavy atom. The summed E-state index contributed by atoms with van der Waals surface area (Å²) in [5, 5.41) is 4.06. The summed E-state index contributed by atoms with van der Waals surface area (Å²) < 4.78 is 26.7. The van der Waals surface area contributed by atoms with Crippen molar-refractivity contribution in [3.05, 3.63) is 76.7 Å². The minimum atomic E-state index is -3.58. The number of nitrogens with zero attached hydrogens (tertiary/aromatic N) is 2. The minimum Gasteiger partial charge on any atom is -0.340 e. The number of aryl methyl sites for hydroxylation is 1. The molecule has 2 amide bonds. The van der Waals surface area contributed by atoms with Crippen molar-refractivity contribution in [2.45, 2.75) is 26.8 Å². The summed E-state index contributed by atoms with van der Waals surface area (Å²) in [5.41, 5.74) is 2.36. The lowest BCUT2D eigenvalue weighted by atomic mass is 10.0. The highest BCUT2D eigenvalue weighted by Crippen LogP contribution is 2.15. The lowest BCUT2D eigenvalue weighted by Crippen LogP contribution is -2.56. The maximum absolute atomic E-state index is 13.2. The van der Waals surface area contributed by atoms with Crippen LogP contribution in [0.25, 0.3) is 6.08 Å². The first-order valence-corrected chi connectivity index (χ1v) is 12.6. The summed E-state index contributed by atoms with van der Waals surface area (Å²) >= 11 is 0. The molecule has 0 radical (unpaired) electrons. The number of hydrogen-bond donors (Lipinski definition) is 1. The van der Waals surface area contributed by atoms with E-state index in [1.165, 1.54) is 9.71 Å². The van der Waals surface area contributed by atoms with Crippen LogP contribution in [0.5, 0.6) is 0 Å². The third-order valence-electron chi connectivity index (χ3n) is 5.68. The molecule has 8 heteroatoms. The van der Waals surface area contributed by atoms with Gasteiger partial charge in [-0.3, -0.25) is 9.59 Å². The SMILES string of the molecule is Cc1ccc(C(=O)NC(C(=O)N2CCN(S(=O)(=O)C=Cc3ccccc3)CC2)C(C)C)cc1. The molecule has 176 valence electrons. The molecule has 2 aromatic carbocycles. The van der Waals surface area contributed by atoms with E-state index in [2.05, 4.69) is 5.32 Å². The number of hydrogen-bond acceptors (Lipinski definition) is 4. The van der Waals surface area contributed by atoms with E-state index in [9.17, 15) is 18.0 Å². The molecule has 3 rings (SSSR count). The van der Waals surface area contributed by atoms with E-state index in [0.717, 1.165) is 11.1 Å². The summed E-state index contributed by atoms with van der Waals surface area (Å²) in [6.07, 6.45) is 1.57. The van der Waals surface area contributed by atoms with Crippen molar-refractivity contribution in [2.75, 3.05) is 26.2 Å². The van der Waals surface area contributed by atoms with Crippen molar-refractivity contribution < 1.29 is 18.0 Å². The summed E-state index contributed by atoms with van der Waals surface area (Å²) in [4.78, 5) is 27.4.